The van der Waals surface area contributed by atoms with E-state index in [9.17, 15) is 0 Å². The Kier molecular flexibility index (Phi) is 1.80. The molecule has 5 heteroatoms. The molecule has 0 bridgehead atoms. The van der Waals surface area contributed by atoms with Crippen LogP contribution in [0.2, 0.25) is 0 Å². The van der Waals surface area contributed by atoms with E-state index in [2.05, 4.69) is 32.0 Å². The molecule has 0 aromatic carbocycles. The number of nitrogens with zero attached hydrogens (tertiary/aromatic N) is 3. The van der Waals surface area contributed by atoms with Gasteiger partial charge in [-0.15, -0.1) is 5.10 Å². The molecule has 1 heterocycles. The number of aliphatic imine (C=N–C) groups is 1. The molecule has 0 unspecified atom stereocenters. The van der Waals surface area contributed by atoms with Crippen LogP contribution >= 0.6 is 23.8 Å². The molecule has 1 aromatic rings. The number of hydrogen-bond donors (Lipinski definition) is 0. The van der Waals surface area contributed by atoms with Gasteiger partial charge in [-0.05, 0) is 23.8 Å². The summed E-state index contributed by atoms with van der Waals surface area (Å²) in [4.78, 5) is 3.57. The molecule has 0 spiro atoms. The number of aromatic nitrogens is 2. The lowest BCUT2D eigenvalue weighted by atomic mass is 10.8. The van der Waals surface area contributed by atoms with Gasteiger partial charge in [0.15, 0.2) is 5.82 Å². The van der Waals surface area contributed by atoms with Gasteiger partial charge in [-0.2, -0.15) is 4.99 Å². The summed E-state index contributed by atoms with van der Waals surface area (Å²) >= 11 is 5.56. The summed E-state index contributed by atoms with van der Waals surface area (Å²) in [6.45, 7) is 0. The van der Waals surface area contributed by atoms with Crippen LogP contribution in [0.15, 0.2) is 10.4 Å². The molecule has 0 radical (unpaired) electrons. The van der Waals surface area contributed by atoms with Gasteiger partial charge in [0, 0.05) is 0 Å². The molecule has 0 amide bonds. The van der Waals surface area contributed by atoms with Gasteiger partial charge in [0.25, 0.3) is 0 Å². The van der Waals surface area contributed by atoms with E-state index >= 15 is 0 Å². The lowest BCUT2D eigenvalue weighted by Crippen LogP contribution is -1.60. The van der Waals surface area contributed by atoms with Crippen molar-refractivity contribution in [3.63, 3.8) is 0 Å². The van der Waals surface area contributed by atoms with Gasteiger partial charge in [-0.25, -0.2) is 0 Å². The van der Waals surface area contributed by atoms with Crippen molar-refractivity contribution < 1.29 is 0 Å². The second-order valence-corrected chi connectivity index (χ2v) is 1.76. The van der Waals surface area contributed by atoms with Crippen molar-refractivity contribution in [2.75, 3.05) is 0 Å². The SMILES string of the molecule is S=C=Nc1csnn1. The highest BCUT2D eigenvalue weighted by Crippen LogP contribution is 2.05. The minimum atomic E-state index is 0.532. The average Bonchev–Trinajstić information content (AvgIpc) is 2.19. The first kappa shape index (κ1) is 5.50. The standard InChI is InChI=1S/C3HN3S2/c7-2-4-3-1-8-6-5-3/h1H. The maximum atomic E-state index is 4.32. The first-order chi connectivity index (χ1) is 3.93. The molecule has 1 rings (SSSR count). The van der Waals surface area contributed by atoms with Gasteiger partial charge in [0.05, 0.1) is 10.5 Å². The molecule has 0 atom stereocenters. The van der Waals surface area contributed by atoms with Crippen LogP contribution in [0.1, 0.15) is 0 Å². The Hall–Kier alpha value is -0.640. The van der Waals surface area contributed by atoms with Gasteiger partial charge in [0.2, 0.25) is 0 Å². The average molecular weight is 143 g/mol. The van der Waals surface area contributed by atoms with Crippen LogP contribution in [-0.4, -0.2) is 14.7 Å². The van der Waals surface area contributed by atoms with Crippen molar-refractivity contribution in [1.82, 2.24) is 9.59 Å². The van der Waals surface area contributed by atoms with Crippen molar-refractivity contribution in [3.8, 4) is 0 Å². The first-order valence-corrected chi connectivity index (χ1v) is 3.03. The largest absolute Gasteiger partial charge is 0.197 e. The van der Waals surface area contributed by atoms with Crippen LogP contribution in [0.3, 0.4) is 0 Å². The molecule has 0 N–H and O–H groups in total. The summed E-state index contributed by atoms with van der Waals surface area (Å²) in [7, 11) is 0. The molecular formula is C3HN3S2. The normalized spacial score (nSPS) is 8.00. The van der Waals surface area contributed by atoms with E-state index in [0.717, 1.165) is 0 Å². The monoisotopic (exact) mass is 143 g/mol. The molecule has 0 aliphatic carbocycles. The fraction of sp³-hybridized carbons (Fsp3) is 0. The summed E-state index contributed by atoms with van der Waals surface area (Å²) in [6, 6.07) is 0. The number of rotatable bonds is 1. The van der Waals surface area contributed by atoms with Crippen molar-refractivity contribution in [2.45, 2.75) is 0 Å². The number of hydrogen-bond acceptors (Lipinski definition) is 5. The summed E-state index contributed by atoms with van der Waals surface area (Å²) in [6.07, 6.45) is 0. The summed E-state index contributed by atoms with van der Waals surface area (Å²) < 4.78 is 3.55. The predicted molar refractivity (Wildman–Crippen MR) is 34.6 cm³/mol. The van der Waals surface area contributed by atoms with Crippen LogP contribution in [0.5, 0.6) is 0 Å². The number of thiocarbonyl (C=S) groups is 1. The fourth-order valence-corrected chi connectivity index (χ4v) is 0.721. The van der Waals surface area contributed by atoms with Crippen LogP contribution in [0.4, 0.5) is 5.82 Å². The highest BCUT2D eigenvalue weighted by molar-refractivity contribution is 7.78. The first-order valence-electron chi connectivity index (χ1n) is 1.78. The lowest BCUT2D eigenvalue weighted by Gasteiger charge is -1.66. The maximum Gasteiger partial charge on any atom is 0.197 e. The van der Waals surface area contributed by atoms with E-state index in [-0.39, 0.29) is 0 Å². The van der Waals surface area contributed by atoms with Gasteiger partial charge >= 0.3 is 0 Å². The minimum Gasteiger partial charge on any atom is -0.171 e. The zero-order valence-electron chi connectivity index (χ0n) is 3.74. The predicted octanol–water partition coefficient (Wildman–Crippen LogP) is 1.27. The zero-order chi connectivity index (χ0) is 5.82. The van der Waals surface area contributed by atoms with Gasteiger partial charge in [-0.1, -0.05) is 4.49 Å². The fourth-order valence-electron chi connectivity index (χ4n) is 0.255. The topological polar surface area (TPSA) is 38.1 Å². The van der Waals surface area contributed by atoms with Crippen LogP contribution in [0.25, 0.3) is 0 Å². The quantitative estimate of drug-likeness (QED) is 0.439. The molecule has 3 nitrogen and oxygen atoms in total. The van der Waals surface area contributed by atoms with Crippen LogP contribution < -0.4 is 0 Å². The Bertz CT molecular complexity index is 198. The van der Waals surface area contributed by atoms with Crippen molar-refractivity contribution in [3.05, 3.63) is 5.38 Å². The molecular weight excluding hydrogens is 142 g/mol. The molecule has 0 saturated carbocycles. The Morgan fingerprint density at radius 2 is 2.75 bits per heavy atom. The van der Waals surface area contributed by atoms with Crippen molar-refractivity contribution in [1.29, 1.82) is 0 Å². The van der Waals surface area contributed by atoms with E-state index in [1.54, 1.807) is 5.38 Å². The Labute approximate surface area is 55.2 Å². The van der Waals surface area contributed by atoms with Crippen LogP contribution in [0, 0.1) is 0 Å². The Morgan fingerprint density at radius 1 is 1.88 bits per heavy atom. The summed E-state index contributed by atoms with van der Waals surface area (Å²) in [5.41, 5.74) is 0. The Balaban J connectivity index is 2.93. The van der Waals surface area contributed by atoms with Crippen LogP contribution in [-0.2, 0) is 0 Å². The van der Waals surface area contributed by atoms with E-state index in [1.165, 1.54) is 11.5 Å². The zero-order valence-corrected chi connectivity index (χ0v) is 5.37. The lowest BCUT2D eigenvalue weighted by molar-refractivity contribution is 1.14. The smallest absolute Gasteiger partial charge is 0.171 e. The molecule has 0 saturated heterocycles. The van der Waals surface area contributed by atoms with Gasteiger partial charge in [0.1, 0.15) is 0 Å². The van der Waals surface area contributed by atoms with Crippen molar-refractivity contribution >= 4 is 34.7 Å². The third-order valence-corrected chi connectivity index (χ3v) is 1.09. The number of isothiocyanates is 1. The van der Waals surface area contributed by atoms with Crippen molar-refractivity contribution in [2.24, 2.45) is 4.99 Å². The molecule has 0 aliphatic rings. The Morgan fingerprint density at radius 3 is 3.25 bits per heavy atom. The molecule has 40 valence electrons. The van der Waals surface area contributed by atoms with Gasteiger partial charge < -0.3 is 0 Å². The molecule has 0 aliphatic heterocycles. The van der Waals surface area contributed by atoms with E-state index in [4.69, 9.17) is 0 Å². The summed E-state index contributed by atoms with van der Waals surface area (Å²) in [5, 5.41) is 7.46. The highest BCUT2D eigenvalue weighted by atomic mass is 32.1. The van der Waals surface area contributed by atoms with E-state index in [0.29, 0.717) is 5.82 Å². The van der Waals surface area contributed by atoms with E-state index < -0.39 is 0 Å². The highest BCUT2D eigenvalue weighted by Gasteiger charge is 1.85. The third kappa shape index (κ3) is 1.16. The summed E-state index contributed by atoms with van der Waals surface area (Å²) in [5.74, 6) is 0.532. The van der Waals surface area contributed by atoms with Gasteiger partial charge in [-0.3, -0.25) is 0 Å². The molecule has 1 aromatic heterocycles. The second-order valence-electron chi connectivity index (χ2n) is 0.966. The molecule has 0 fully saturated rings. The minimum absolute atomic E-state index is 0.532. The van der Waals surface area contributed by atoms with E-state index in [1.807, 2.05) is 0 Å². The molecule has 8 heavy (non-hydrogen) atoms. The maximum absolute atomic E-state index is 4.32. The second kappa shape index (κ2) is 2.61. The third-order valence-electron chi connectivity index (χ3n) is 0.509.